The van der Waals surface area contributed by atoms with Crippen molar-refractivity contribution in [3.8, 4) is 17.5 Å². The molecule has 0 aliphatic heterocycles. The molecule has 31 heavy (non-hydrogen) atoms. The molecule has 0 unspecified atom stereocenters. The lowest BCUT2D eigenvalue weighted by atomic mass is 9.99. The number of nitriles is 1. The Hall–Kier alpha value is -3.42. The summed E-state index contributed by atoms with van der Waals surface area (Å²) >= 11 is 0. The largest absolute Gasteiger partial charge is 0.455 e. The number of hydrogen-bond donors (Lipinski definition) is 0. The molecule has 160 valence electrons. The molecule has 11 heteroatoms. The van der Waals surface area contributed by atoms with Gasteiger partial charge < -0.3 is 4.57 Å². The monoisotopic (exact) mass is 438 g/mol. The molecule has 0 aromatic carbocycles. The number of fused-ring (bicyclic) bond motifs is 1. The van der Waals surface area contributed by atoms with Crippen LogP contribution in [0.5, 0.6) is 0 Å². The predicted octanol–water partition coefficient (Wildman–Crippen LogP) is 4.35. The number of halogens is 6. The van der Waals surface area contributed by atoms with Crippen LogP contribution in [-0.4, -0.2) is 26.6 Å². The Morgan fingerprint density at radius 2 is 1.84 bits per heavy atom. The summed E-state index contributed by atoms with van der Waals surface area (Å²) < 4.78 is 78.8. The van der Waals surface area contributed by atoms with Crippen LogP contribution in [0, 0.1) is 17.1 Å². The van der Waals surface area contributed by atoms with Crippen molar-refractivity contribution in [2.75, 3.05) is 0 Å². The Morgan fingerprint density at radius 1 is 1.13 bits per heavy atom. The van der Waals surface area contributed by atoms with Crippen molar-refractivity contribution in [2.45, 2.75) is 36.9 Å². The van der Waals surface area contributed by atoms with E-state index < -0.39 is 35.4 Å². The Balaban J connectivity index is 1.70. The molecular weight excluding hydrogens is 426 g/mol. The molecule has 1 fully saturated rings. The first-order valence-corrected chi connectivity index (χ1v) is 8.99. The number of nitrogens with zero attached hydrogens (tertiary/aromatic N) is 4. The van der Waals surface area contributed by atoms with Crippen molar-refractivity contribution >= 4 is 10.8 Å². The van der Waals surface area contributed by atoms with E-state index >= 15 is 0 Å². The van der Waals surface area contributed by atoms with Crippen molar-refractivity contribution in [1.82, 2.24) is 14.5 Å². The Morgan fingerprint density at radius 3 is 2.42 bits per heavy atom. The zero-order chi connectivity index (χ0) is 22.6. The molecule has 3 aromatic rings. The maximum atomic E-state index is 14.6. The van der Waals surface area contributed by atoms with Gasteiger partial charge in [0.05, 0.1) is 29.1 Å². The summed E-state index contributed by atoms with van der Waals surface area (Å²) in [5.74, 6) is -5.82. The van der Waals surface area contributed by atoms with E-state index in [1.54, 1.807) is 0 Å². The van der Waals surface area contributed by atoms with Gasteiger partial charge in [-0.25, -0.2) is 4.39 Å². The first-order valence-electron chi connectivity index (χ1n) is 8.99. The summed E-state index contributed by atoms with van der Waals surface area (Å²) in [5, 5.41) is 9.18. The molecule has 1 aliphatic carbocycles. The van der Waals surface area contributed by atoms with E-state index in [1.807, 2.05) is 0 Å². The number of aromatic nitrogens is 3. The van der Waals surface area contributed by atoms with Gasteiger partial charge in [-0.05, 0) is 42.0 Å². The quantitative estimate of drug-likeness (QED) is 0.568. The van der Waals surface area contributed by atoms with Crippen molar-refractivity contribution < 1.29 is 26.3 Å². The molecule has 0 bridgehead atoms. The third-order valence-electron chi connectivity index (χ3n) is 5.25. The van der Waals surface area contributed by atoms with Crippen molar-refractivity contribution in [2.24, 2.45) is 0 Å². The van der Waals surface area contributed by atoms with E-state index in [2.05, 4.69) is 16.0 Å². The lowest BCUT2D eigenvalue weighted by Crippen LogP contribution is -2.42. The van der Waals surface area contributed by atoms with E-state index in [9.17, 15) is 36.4 Å². The summed E-state index contributed by atoms with van der Waals surface area (Å²) in [6, 6.07) is 5.77. The number of hydrogen-bond acceptors (Lipinski definition) is 4. The number of pyridine rings is 3. The van der Waals surface area contributed by atoms with E-state index in [-0.39, 0.29) is 26.7 Å². The van der Waals surface area contributed by atoms with Crippen molar-refractivity contribution in [3.63, 3.8) is 0 Å². The molecule has 1 saturated carbocycles. The second kappa shape index (κ2) is 6.80. The smallest absolute Gasteiger partial charge is 0.308 e. The topological polar surface area (TPSA) is 71.6 Å². The number of alkyl halides is 5. The summed E-state index contributed by atoms with van der Waals surface area (Å²) in [6.45, 7) is -1.87. The molecule has 0 saturated heterocycles. The number of rotatable bonds is 4. The summed E-state index contributed by atoms with van der Waals surface area (Å²) in [4.78, 5) is 20.3. The van der Waals surface area contributed by atoms with Gasteiger partial charge in [-0.1, -0.05) is 0 Å². The Labute approximate surface area is 170 Å². The lowest BCUT2D eigenvalue weighted by Gasteiger charge is -2.20. The fourth-order valence-corrected chi connectivity index (χ4v) is 3.22. The SMILES string of the molecule is N#CC1(c2cnc(-c3cc4ccn(CC(F)(F)C(F)(F)F)c(=O)c4cn3)c(F)c2)CC1. The third kappa shape index (κ3) is 3.52. The highest BCUT2D eigenvalue weighted by Crippen LogP contribution is 2.47. The Bertz CT molecular complexity index is 1290. The lowest BCUT2D eigenvalue weighted by molar-refractivity contribution is -0.287. The summed E-state index contributed by atoms with van der Waals surface area (Å²) in [6.07, 6.45) is -1.43. The van der Waals surface area contributed by atoms with Gasteiger partial charge in [-0.15, -0.1) is 0 Å². The zero-order valence-corrected chi connectivity index (χ0v) is 15.6. The van der Waals surface area contributed by atoms with E-state index in [0.717, 1.165) is 18.5 Å². The van der Waals surface area contributed by atoms with Gasteiger partial charge in [0.2, 0.25) is 0 Å². The average molecular weight is 438 g/mol. The van der Waals surface area contributed by atoms with Crippen LogP contribution in [0.25, 0.3) is 22.2 Å². The second-order valence-electron chi connectivity index (χ2n) is 7.36. The zero-order valence-electron chi connectivity index (χ0n) is 15.6. The normalized spacial score (nSPS) is 15.6. The molecular formula is C20H12F6N4O. The van der Waals surface area contributed by atoms with Crippen LogP contribution < -0.4 is 5.56 Å². The molecule has 3 heterocycles. The van der Waals surface area contributed by atoms with E-state index in [1.165, 1.54) is 18.3 Å². The minimum Gasteiger partial charge on any atom is -0.308 e. The molecule has 0 amide bonds. The predicted molar refractivity (Wildman–Crippen MR) is 96.7 cm³/mol. The van der Waals surface area contributed by atoms with Gasteiger partial charge in [-0.3, -0.25) is 14.8 Å². The van der Waals surface area contributed by atoms with Crippen LogP contribution in [0.1, 0.15) is 18.4 Å². The average Bonchev–Trinajstić information content (AvgIpc) is 3.50. The maximum absolute atomic E-state index is 14.6. The van der Waals surface area contributed by atoms with E-state index in [4.69, 9.17) is 0 Å². The molecule has 0 radical (unpaired) electrons. The second-order valence-corrected chi connectivity index (χ2v) is 7.36. The standard InChI is InChI=1S/C20H12F6N4O/c21-14-6-12(18(9-27)2-3-18)7-29-16(14)15-5-11-1-4-30(17(31)13(11)8-28-15)10-19(22,23)20(24,25)26/h1,4-8H,2-3,10H2. The maximum Gasteiger partial charge on any atom is 0.455 e. The van der Waals surface area contributed by atoms with Gasteiger partial charge in [0.15, 0.2) is 5.82 Å². The van der Waals surface area contributed by atoms with Crippen molar-refractivity contribution in [3.05, 3.63) is 58.5 Å². The first-order chi connectivity index (χ1) is 14.5. The molecule has 0 atom stereocenters. The van der Waals surface area contributed by atoms with Gasteiger partial charge in [0.1, 0.15) is 5.69 Å². The van der Waals surface area contributed by atoms with Crippen LogP contribution in [0.3, 0.4) is 0 Å². The fourth-order valence-electron chi connectivity index (χ4n) is 3.22. The van der Waals surface area contributed by atoms with Crippen LogP contribution >= 0.6 is 0 Å². The van der Waals surface area contributed by atoms with Crippen LogP contribution in [-0.2, 0) is 12.0 Å². The van der Waals surface area contributed by atoms with Gasteiger partial charge >= 0.3 is 12.1 Å². The molecule has 4 rings (SSSR count). The van der Waals surface area contributed by atoms with Crippen LogP contribution in [0.4, 0.5) is 26.3 Å². The van der Waals surface area contributed by atoms with Gasteiger partial charge in [0.25, 0.3) is 5.56 Å². The van der Waals surface area contributed by atoms with Crippen LogP contribution in [0.2, 0.25) is 0 Å². The molecule has 1 aliphatic rings. The molecule has 3 aromatic heterocycles. The highest BCUT2D eigenvalue weighted by atomic mass is 19.4. The summed E-state index contributed by atoms with van der Waals surface area (Å²) in [5.41, 5.74) is -1.48. The molecule has 0 spiro atoms. The highest BCUT2D eigenvalue weighted by Gasteiger charge is 2.57. The minimum absolute atomic E-state index is 0.0381. The van der Waals surface area contributed by atoms with Gasteiger partial charge in [-0.2, -0.15) is 27.2 Å². The third-order valence-corrected chi connectivity index (χ3v) is 5.25. The molecule has 5 nitrogen and oxygen atoms in total. The summed E-state index contributed by atoms with van der Waals surface area (Å²) in [7, 11) is 0. The first kappa shape index (κ1) is 20.8. The van der Waals surface area contributed by atoms with Crippen LogP contribution in [0.15, 0.2) is 41.6 Å². The fraction of sp³-hybridized carbons (Fsp3) is 0.300. The minimum atomic E-state index is -5.80. The van der Waals surface area contributed by atoms with E-state index in [0.29, 0.717) is 18.4 Å². The molecule has 0 N–H and O–H groups in total. The Kier molecular flexibility index (Phi) is 4.57. The van der Waals surface area contributed by atoms with Crippen molar-refractivity contribution in [1.29, 1.82) is 5.26 Å². The van der Waals surface area contributed by atoms with Gasteiger partial charge in [0, 0.05) is 18.6 Å². The highest BCUT2D eigenvalue weighted by molar-refractivity contribution is 5.84.